The van der Waals surface area contributed by atoms with Crippen LogP contribution in [-0.2, 0) is 6.54 Å². The Morgan fingerprint density at radius 2 is 2.18 bits per heavy atom. The molecule has 0 bridgehead atoms. The van der Waals surface area contributed by atoms with Crippen LogP contribution >= 0.6 is 0 Å². The minimum absolute atomic E-state index is 0.488. The van der Waals surface area contributed by atoms with E-state index < -0.39 is 0 Å². The lowest BCUT2D eigenvalue weighted by atomic mass is 10.1. The molecule has 2 rings (SSSR count). The smallest absolute Gasteiger partial charge is 0.0693 e. The third kappa shape index (κ3) is 2.94. The van der Waals surface area contributed by atoms with Gasteiger partial charge >= 0.3 is 0 Å². The summed E-state index contributed by atoms with van der Waals surface area (Å²) in [4.78, 5) is 0. The Balaban J connectivity index is 2.31. The lowest BCUT2D eigenvalue weighted by Crippen LogP contribution is -2.22. The first-order valence-electron chi connectivity index (χ1n) is 6.00. The Bertz CT molecular complexity index is 472. The Morgan fingerprint density at radius 3 is 2.82 bits per heavy atom. The van der Waals surface area contributed by atoms with Gasteiger partial charge < -0.3 is 5.32 Å². The van der Waals surface area contributed by atoms with Crippen molar-refractivity contribution in [2.45, 2.75) is 33.4 Å². The van der Waals surface area contributed by atoms with E-state index in [9.17, 15) is 0 Å². The second kappa shape index (κ2) is 5.15. The summed E-state index contributed by atoms with van der Waals surface area (Å²) in [5, 5.41) is 7.75. The van der Waals surface area contributed by atoms with Gasteiger partial charge in [-0.15, -0.1) is 0 Å². The van der Waals surface area contributed by atoms with E-state index in [1.54, 1.807) is 0 Å². The summed E-state index contributed by atoms with van der Waals surface area (Å²) >= 11 is 0. The quantitative estimate of drug-likeness (QED) is 0.873. The van der Waals surface area contributed by atoms with Crippen molar-refractivity contribution in [3.05, 3.63) is 47.8 Å². The number of nitrogens with zero attached hydrogens (tertiary/aromatic N) is 2. The van der Waals surface area contributed by atoms with Crippen LogP contribution in [0.2, 0.25) is 0 Å². The molecule has 0 aliphatic carbocycles. The fourth-order valence-electron chi connectivity index (χ4n) is 1.76. The standard InChI is InChI=1S/C14H19N3/c1-11(2)15-10-13-6-5-12(3)9-14(13)17-8-4-7-16-17/h4-9,11,15H,10H2,1-3H3. The second-order valence-electron chi connectivity index (χ2n) is 4.62. The Morgan fingerprint density at radius 1 is 1.35 bits per heavy atom. The Hall–Kier alpha value is -1.61. The lowest BCUT2D eigenvalue weighted by Gasteiger charge is -2.13. The maximum absolute atomic E-state index is 4.30. The molecule has 3 heteroatoms. The van der Waals surface area contributed by atoms with Crippen molar-refractivity contribution in [2.24, 2.45) is 0 Å². The lowest BCUT2D eigenvalue weighted by molar-refractivity contribution is 0.586. The predicted octanol–water partition coefficient (Wildman–Crippen LogP) is 2.68. The van der Waals surface area contributed by atoms with E-state index in [4.69, 9.17) is 0 Å². The summed E-state index contributed by atoms with van der Waals surface area (Å²) in [7, 11) is 0. The van der Waals surface area contributed by atoms with Gasteiger partial charge in [-0.1, -0.05) is 26.0 Å². The molecule has 0 atom stereocenters. The molecular formula is C14H19N3. The van der Waals surface area contributed by atoms with Crippen molar-refractivity contribution in [1.29, 1.82) is 0 Å². The van der Waals surface area contributed by atoms with Crippen molar-refractivity contribution < 1.29 is 0 Å². The van der Waals surface area contributed by atoms with E-state index in [1.807, 2.05) is 23.1 Å². The van der Waals surface area contributed by atoms with Crippen molar-refractivity contribution in [3.63, 3.8) is 0 Å². The summed E-state index contributed by atoms with van der Waals surface area (Å²) in [6.07, 6.45) is 3.79. The van der Waals surface area contributed by atoms with Crippen molar-refractivity contribution in [3.8, 4) is 5.69 Å². The highest BCUT2D eigenvalue weighted by molar-refractivity contribution is 5.43. The SMILES string of the molecule is Cc1ccc(CNC(C)C)c(-n2cccn2)c1. The van der Waals surface area contributed by atoms with E-state index in [0.717, 1.165) is 12.2 Å². The molecular weight excluding hydrogens is 210 g/mol. The largest absolute Gasteiger partial charge is 0.310 e. The summed E-state index contributed by atoms with van der Waals surface area (Å²) in [6, 6.07) is 8.92. The Labute approximate surface area is 102 Å². The highest BCUT2D eigenvalue weighted by Crippen LogP contribution is 2.16. The molecule has 0 amide bonds. The number of hydrogen-bond donors (Lipinski definition) is 1. The van der Waals surface area contributed by atoms with Crippen LogP contribution in [0.5, 0.6) is 0 Å². The van der Waals surface area contributed by atoms with Crippen molar-refractivity contribution in [1.82, 2.24) is 15.1 Å². The van der Waals surface area contributed by atoms with Gasteiger partial charge in [0.25, 0.3) is 0 Å². The van der Waals surface area contributed by atoms with Gasteiger partial charge in [-0.2, -0.15) is 5.10 Å². The van der Waals surface area contributed by atoms with Crippen LogP contribution in [0.15, 0.2) is 36.7 Å². The summed E-state index contributed by atoms with van der Waals surface area (Å²) in [5.74, 6) is 0. The molecule has 0 radical (unpaired) electrons. The van der Waals surface area contributed by atoms with Gasteiger partial charge in [0, 0.05) is 25.0 Å². The van der Waals surface area contributed by atoms with Crippen molar-refractivity contribution >= 4 is 0 Å². The molecule has 1 heterocycles. The van der Waals surface area contributed by atoms with Gasteiger partial charge in [0.2, 0.25) is 0 Å². The molecule has 90 valence electrons. The number of hydrogen-bond acceptors (Lipinski definition) is 2. The van der Waals surface area contributed by atoms with Gasteiger partial charge in [-0.3, -0.25) is 0 Å². The first-order valence-corrected chi connectivity index (χ1v) is 6.00. The molecule has 0 aliphatic heterocycles. The van der Waals surface area contributed by atoms with Crippen LogP contribution in [0.25, 0.3) is 5.69 Å². The highest BCUT2D eigenvalue weighted by Gasteiger charge is 2.05. The highest BCUT2D eigenvalue weighted by atomic mass is 15.3. The van der Waals surface area contributed by atoms with Crippen LogP contribution < -0.4 is 5.32 Å². The maximum atomic E-state index is 4.30. The third-order valence-corrected chi connectivity index (χ3v) is 2.69. The summed E-state index contributed by atoms with van der Waals surface area (Å²) in [6.45, 7) is 7.28. The third-order valence-electron chi connectivity index (χ3n) is 2.69. The zero-order valence-electron chi connectivity index (χ0n) is 10.6. The molecule has 0 saturated carbocycles. The molecule has 0 saturated heterocycles. The van der Waals surface area contributed by atoms with Crippen LogP contribution in [0.3, 0.4) is 0 Å². The summed E-state index contributed by atoms with van der Waals surface area (Å²) in [5.41, 5.74) is 3.68. The van der Waals surface area contributed by atoms with E-state index in [2.05, 4.69) is 49.4 Å². The second-order valence-corrected chi connectivity index (χ2v) is 4.62. The summed E-state index contributed by atoms with van der Waals surface area (Å²) < 4.78 is 1.92. The topological polar surface area (TPSA) is 29.9 Å². The van der Waals surface area contributed by atoms with E-state index in [-0.39, 0.29) is 0 Å². The molecule has 0 aliphatic rings. The molecule has 17 heavy (non-hydrogen) atoms. The number of benzene rings is 1. The molecule has 1 aromatic carbocycles. The molecule has 0 fully saturated rings. The minimum atomic E-state index is 0.488. The number of nitrogens with one attached hydrogen (secondary N) is 1. The fraction of sp³-hybridized carbons (Fsp3) is 0.357. The molecule has 1 aromatic heterocycles. The zero-order chi connectivity index (χ0) is 12.3. The van der Waals surface area contributed by atoms with Crippen LogP contribution in [0, 0.1) is 6.92 Å². The number of rotatable bonds is 4. The van der Waals surface area contributed by atoms with Crippen LogP contribution in [-0.4, -0.2) is 15.8 Å². The molecule has 0 spiro atoms. The molecule has 2 aromatic rings. The average molecular weight is 229 g/mol. The van der Waals surface area contributed by atoms with Gasteiger partial charge in [0.1, 0.15) is 0 Å². The average Bonchev–Trinajstić information content (AvgIpc) is 2.80. The molecule has 1 N–H and O–H groups in total. The van der Waals surface area contributed by atoms with Gasteiger partial charge in [0.05, 0.1) is 5.69 Å². The number of aromatic nitrogens is 2. The molecule has 0 unspecified atom stereocenters. The predicted molar refractivity (Wildman–Crippen MR) is 70.3 cm³/mol. The van der Waals surface area contributed by atoms with Gasteiger partial charge in [-0.05, 0) is 30.2 Å². The first kappa shape index (κ1) is 11.9. The van der Waals surface area contributed by atoms with Crippen molar-refractivity contribution in [2.75, 3.05) is 0 Å². The van der Waals surface area contributed by atoms with E-state index >= 15 is 0 Å². The Kier molecular flexibility index (Phi) is 3.59. The first-order chi connectivity index (χ1) is 8.16. The van der Waals surface area contributed by atoms with Gasteiger partial charge in [-0.25, -0.2) is 4.68 Å². The molecule has 3 nitrogen and oxygen atoms in total. The van der Waals surface area contributed by atoms with Crippen LogP contribution in [0.4, 0.5) is 0 Å². The van der Waals surface area contributed by atoms with Gasteiger partial charge in [0.15, 0.2) is 0 Å². The number of aryl methyl sites for hydroxylation is 1. The fourth-order valence-corrected chi connectivity index (χ4v) is 1.76. The monoisotopic (exact) mass is 229 g/mol. The zero-order valence-corrected chi connectivity index (χ0v) is 10.6. The maximum Gasteiger partial charge on any atom is 0.0693 e. The van der Waals surface area contributed by atoms with E-state index in [0.29, 0.717) is 6.04 Å². The normalized spacial score (nSPS) is 11.1. The van der Waals surface area contributed by atoms with Crippen LogP contribution in [0.1, 0.15) is 25.0 Å². The minimum Gasteiger partial charge on any atom is -0.310 e. The van der Waals surface area contributed by atoms with E-state index in [1.165, 1.54) is 11.1 Å².